The maximum atomic E-state index is 5.97. The summed E-state index contributed by atoms with van der Waals surface area (Å²) in [5, 5.41) is 3.86. The first kappa shape index (κ1) is 14.3. The van der Waals surface area contributed by atoms with E-state index in [1.54, 1.807) is 0 Å². The van der Waals surface area contributed by atoms with Crippen molar-refractivity contribution in [1.82, 2.24) is 5.32 Å². The van der Waals surface area contributed by atoms with Crippen molar-refractivity contribution in [2.75, 3.05) is 13.2 Å². The number of nitrogens with one attached hydrogen (secondary N) is 1. The molecule has 2 rings (SSSR count). The molecule has 2 unspecified atom stereocenters. The summed E-state index contributed by atoms with van der Waals surface area (Å²) in [6.45, 7) is 8.84. The van der Waals surface area contributed by atoms with Crippen molar-refractivity contribution in [2.24, 2.45) is 11.3 Å². The molecule has 2 aliphatic carbocycles. The SMILES string of the molecule is CCOC1CC(NCC(CC)CC)C12CCCC2. The van der Waals surface area contributed by atoms with Crippen molar-refractivity contribution < 1.29 is 4.74 Å². The minimum atomic E-state index is 0.502. The summed E-state index contributed by atoms with van der Waals surface area (Å²) in [7, 11) is 0. The number of rotatable bonds is 7. The molecule has 0 saturated heterocycles. The Hall–Kier alpha value is -0.0800. The van der Waals surface area contributed by atoms with E-state index >= 15 is 0 Å². The maximum Gasteiger partial charge on any atom is 0.0661 e. The van der Waals surface area contributed by atoms with Crippen LogP contribution >= 0.6 is 0 Å². The minimum absolute atomic E-state index is 0.502. The van der Waals surface area contributed by atoms with Gasteiger partial charge in [-0.3, -0.25) is 0 Å². The molecule has 1 N–H and O–H groups in total. The number of hydrogen-bond acceptors (Lipinski definition) is 2. The van der Waals surface area contributed by atoms with Gasteiger partial charge in [0.1, 0.15) is 0 Å². The predicted molar refractivity (Wildman–Crippen MR) is 76.8 cm³/mol. The molecule has 2 aliphatic rings. The standard InChI is InChI=1S/C16H31NO/c1-4-13(5-2)12-17-14-11-15(18-6-3)16(14)9-7-8-10-16/h13-15,17H,4-12H2,1-3H3. The first-order chi connectivity index (χ1) is 8.76. The Morgan fingerprint density at radius 3 is 2.39 bits per heavy atom. The zero-order chi connectivity index (χ0) is 13.0. The van der Waals surface area contributed by atoms with Crippen molar-refractivity contribution >= 4 is 0 Å². The normalized spacial score (nSPS) is 30.0. The second kappa shape index (κ2) is 6.38. The molecule has 106 valence electrons. The molecule has 1 spiro atoms. The van der Waals surface area contributed by atoms with Gasteiger partial charge in [-0.25, -0.2) is 0 Å². The summed E-state index contributed by atoms with van der Waals surface area (Å²) in [4.78, 5) is 0. The fraction of sp³-hybridized carbons (Fsp3) is 1.00. The highest BCUT2D eigenvalue weighted by molar-refractivity contribution is 5.10. The van der Waals surface area contributed by atoms with Gasteiger partial charge in [0.05, 0.1) is 6.10 Å². The van der Waals surface area contributed by atoms with Crippen molar-refractivity contribution in [3.8, 4) is 0 Å². The van der Waals surface area contributed by atoms with Crippen molar-refractivity contribution in [2.45, 2.75) is 77.9 Å². The van der Waals surface area contributed by atoms with E-state index in [2.05, 4.69) is 26.1 Å². The van der Waals surface area contributed by atoms with Gasteiger partial charge in [-0.15, -0.1) is 0 Å². The summed E-state index contributed by atoms with van der Waals surface area (Å²) in [6, 6.07) is 0.733. The summed E-state index contributed by atoms with van der Waals surface area (Å²) in [5.74, 6) is 0.856. The Kier molecular flexibility index (Phi) is 5.08. The first-order valence-corrected chi connectivity index (χ1v) is 8.11. The highest BCUT2D eigenvalue weighted by Crippen LogP contribution is 2.54. The third-order valence-electron chi connectivity index (χ3n) is 5.49. The van der Waals surface area contributed by atoms with Crippen molar-refractivity contribution in [3.63, 3.8) is 0 Å². The zero-order valence-corrected chi connectivity index (χ0v) is 12.5. The topological polar surface area (TPSA) is 21.3 Å². The number of ether oxygens (including phenoxy) is 1. The monoisotopic (exact) mass is 253 g/mol. The van der Waals surface area contributed by atoms with Crippen LogP contribution in [0, 0.1) is 11.3 Å². The van der Waals surface area contributed by atoms with E-state index in [1.807, 2.05) is 0 Å². The van der Waals surface area contributed by atoms with E-state index in [-0.39, 0.29) is 0 Å². The van der Waals surface area contributed by atoms with Crippen LogP contribution in [-0.2, 0) is 4.74 Å². The molecule has 0 aliphatic heterocycles. The number of hydrogen-bond donors (Lipinski definition) is 1. The molecule has 2 fully saturated rings. The average Bonchev–Trinajstić information content (AvgIpc) is 2.89. The van der Waals surface area contributed by atoms with E-state index in [9.17, 15) is 0 Å². The fourth-order valence-electron chi connectivity index (χ4n) is 4.06. The second-order valence-electron chi connectivity index (χ2n) is 6.26. The highest BCUT2D eigenvalue weighted by Gasteiger charge is 2.56. The predicted octanol–water partition coefficient (Wildman–Crippen LogP) is 3.75. The van der Waals surface area contributed by atoms with Crippen LogP contribution < -0.4 is 5.32 Å². The Balaban J connectivity index is 1.86. The van der Waals surface area contributed by atoms with E-state index < -0.39 is 0 Å². The zero-order valence-electron chi connectivity index (χ0n) is 12.5. The second-order valence-corrected chi connectivity index (χ2v) is 6.26. The van der Waals surface area contributed by atoms with Crippen LogP contribution in [0.4, 0.5) is 0 Å². The lowest BCUT2D eigenvalue weighted by Gasteiger charge is -2.54. The van der Waals surface area contributed by atoms with Gasteiger partial charge in [0.25, 0.3) is 0 Å². The summed E-state index contributed by atoms with van der Waals surface area (Å²) in [6.07, 6.45) is 9.99. The van der Waals surface area contributed by atoms with Gasteiger partial charge in [0.2, 0.25) is 0 Å². The molecule has 2 nitrogen and oxygen atoms in total. The molecule has 0 heterocycles. The Bertz CT molecular complexity index is 243. The molecule has 0 amide bonds. The van der Waals surface area contributed by atoms with Crippen LogP contribution in [0.5, 0.6) is 0 Å². The van der Waals surface area contributed by atoms with Crippen LogP contribution in [-0.4, -0.2) is 25.3 Å². The molecular formula is C16H31NO. The molecular weight excluding hydrogens is 222 g/mol. The maximum absolute atomic E-state index is 5.97. The summed E-state index contributed by atoms with van der Waals surface area (Å²) in [5.41, 5.74) is 0.502. The van der Waals surface area contributed by atoms with Gasteiger partial charge >= 0.3 is 0 Å². The van der Waals surface area contributed by atoms with E-state index in [0.29, 0.717) is 11.5 Å². The van der Waals surface area contributed by atoms with Crippen LogP contribution in [0.2, 0.25) is 0 Å². The van der Waals surface area contributed by atoms with Gasteiger partial charge in [0.15, 0.2) is 0 Å². The smallest absolute Gasteiger partial charge is 0.0661 e. The molecule has 2 atom stereocenters. The molecule has 0 aromatic heterocycles. The van der Waals surface area contributed by atoms with Crippen molar-refractivity contribution in [1.29, 1.82) is 0 Å². The molecule has 0 aromatic carbocycles. The molecule has 18 heavy (non-hydrogen) atoms. The third-order valence-corrected chi connectivity index (χ3v) is 5.49. The Morgan fingerprint density at radius 1 is 1.17 bits per heavy atom. The Labute approximate surface area is 113 Å². The van der Waals surface area contributed by atoms with Gasteiger partial charge < -0.3 is 10.1 Å². The van der Waals surface area contributed by atoms with Gasteiger partial charge in [-0.2, -0.15) is 0 Å². The van der Waals surface area contributed by atoms with Crippen molar-refractivity contribution in [3.05, 3.63) is 0 Å². The average molecular weight is 253 g/mol. The molecule has 0 radical (unpaired) electrons. The lowest BCUT2D eigenvalue weighted by atomic mass is 9.60. The van der Waals surface area contributed by atoms with Crippen LogP contribution in [0.3, 0.4) is 0 Å². The lowest BCUT2D eigenvalue weighted by Crippen LogP contribution is -2.63. The minimum Gasteiger partial charge on any atom is -0.378 e. The van der Waals surface area contributed by atoms with E-state index in [1.165, 1.54) is 51.5 Å². The lowest BCUT2D eigenvalue weighted by molar-refractivity contribution is -0.130. The van der Waals surface area contributed by atoms with E-state index in [4.69, 9.17) is 4.74 Å². The summed E-state index contributed by atoms with van der Waals surface area (Å²) >= 11 is 0. The molecule has 2 saturated carbocycles. The van der Waals surface area contributed by atoms with Gasteiger partial charge in [-0.05, 0) is 38.6 Å². The molecule has 0 aromatic rings. The van der Waals surface area contributed by atoms with Crippen LogP contribution in [0.25, 0.3) is 0 Å². The quantitative estimate of drug-likeness (QED) is 0.746. The largest absolute Gasteiger partial charge is 0.378 e. The molecule has 0 bridgehead atoms. The van der Waals surface area contributed by atoms with Crippen LogP contribution in [0.15, 0.2) is 0 Å². The van der Waals surface area contributed by atoms with Gasteiger partial charge in [-0.1, -0.05) is 39.5 Å². The van der Waals surface area contributed by atoms with E-state index in [0.717, 1.165) is 18.6 Å². The fourth-order valence-corrected chi connectivity index (χ4v) is 4.06. The highest BCUT2D eigenvalue weighted by atomic mass is 16.5. The Morgan fingerprint density at radius 2 is 1.83 bits per heavy atom. The summed E-state index contributed by atoms with van der Waals surface area (Å²) < 4.78 is 5.97. The van der Waals surface area contributed by atoms with Gasteiger partial charge in [0, 0.05) is 18.1 Å². The third kappa shape index (κ3) is 2.60. The molecule has 2 heteroatoms. The first-order valence-electron chi connectivity index (χ1n) is 8.11. The van der Waals surface area contributed by atoms with Crippen LogP contribution in [0.1, 0.15) is 65.7 Å².